The van der Waals surface area contributed by atoms with E-state index < -0.39 is 6.17 Å². The second kappa shape index (κ2) is 5.56. The molecule has 1 unspecified atom stereocenters. The van der Waals surface area contributed by atoms with Crippen LogP contribution in [0.3, 0.4) is 0 Å². The Hall–Kier alpha value is -2.30. The number of hydrogen-bond acceptors (Lipinski definition) is 2. The fraction of sp³-hybridized carbons (Fsp3) is 0.286. The minimum atomic E-state index is -0.477. The van der Waals surface area contributed by atoms with E-state index in [4.69, 9.17) is 0 Å². The summed E-state index contributed by atoms with van der Waals surface area (Å²) in [5, 5.41) is 5.46. The smallest absolute Gasteiger partial charge is 0.323 e. The van der Waals surface area contributed by atoms with E-state index in [1.54, 1.807) is 41.4 Å². The first-order valence-electron chi connectivity index (χ1n) is 6.21. The first-order valence-corrected chi connectivity index (χ1v) is 6.21. The molecule has 0 fully saturated rings. The van der Waals surface area contributed by atoms with Crippen molar-refractivity contribution in [1.82, 2.24) is 15.5 Å². The Labute approximate surface area is 112 Å². The average molecular weight is 259 g/mol. The van der Waals surface area contributed by atoms with E-state index in [9.17, 15) is 9.59 Å². The van der Waals surface area contributed by atoms with Gasteiger partial charge in [0.15, 0.2) is 0 Å². The molecule has 0 spiro atoms. The zero-order valence-electron chi connectivity index (χ0n) is 11.0. The van der Waals surface area contributed by atoms with Crippen LogP contribution in [0.4, 0.5) is 4.79 Å². The highest BCUT2D eigenvalue weighted by Gasteiger charge is 2.23. The lowest BCUT2D eigenvalue weighted by molar-refractivity contribution is 0.0937. The summed E-state index contributed by atoms with van der Waals surface area (Å²) in [6, 6.07) is 8.77. The van der Waals surface area contributed by atoms with E-state index in [2.05, 4.69) is 10.6 Å². The van der Waals surface area contributed by atoms with Crippen molar-refractivity contribution in [3.8, 4) is 0 Å². The van der Waals surface area contributed by atoms with Gasteiger partial charge in [0, 0.05) is 17.8 Å². The summed E-state index contributed by atoms with van der Waals surface area (Å²) in [5.41, 5.74) is 0.566. The third kappa shape index (κ3) is 3.13. The van der Waals surface area contributed by atoms with E-state index >= 15 is 0 Å². The fourth-order valence-corrected chi connectivity index (χ4v) is 1.81. The minimum Gasteiger partial charge on any atom is -0.328 e. The van der Waals surface area contributed by atoms with Crippen LogP contribution in [0.25, 0.3) is 0 Å². The molecular weight excluding hydrogens is 242 g/mol. The molecule has 2 N–H and O–H groups in total. The van der Waals surface area contributed by atoms with E-state index in [0.29, 0.717) is 5.56 Å². The predicted octanol–water partition coefficient (Wildman–Crippen LogP) is 1.69. The highest BCUT2D eigenvalue weighted by molar-refractivity contribution is 5.94. The van der Waals surface area contributed by atoms with Crippen LogP contribution in [0.5, 0.6) is 0 Å². The Morgan fingerprint density at radius 2 is 2.00 bits per heavy atom. The molecule has 3 amide bonds. The second-order valence-electron chi connectivity index (χ2n) is 4.61. The summed E-state index contributed by atoms with van der Waals surface area (Å²) in [7, 11) is 0. The lowest BCUT2D eigenvalue weighted by Gasteiger charge is -2.30. The van der Waals surface area contributed by atoms with Gasteiger partial charge in [0.25, 0.3) is 5.91 Å². The lowest BCUT2D eigenvalue weighted by atomic mass is 10.2. The highest BCUT2D eigenvalue weighted by Crippen LogP contribution is 2.06. The molecule has 0 aromatic heterocycles. The molecule has 2 rings (SSSR count). The van der Waals surface area contributed by atoms with Gasteiger partial charge in [0.05, 0.1) is 0 Å². The lowest BCUT2D eigenvalue weighted by Crippen LogP contribution is -2.54. The van der Waals surface area contributed by atoms with Gasteiger partial charge in [-0.15, -0.1) is 0 Å². The van der Waals surface area contributed by atoms with E-state index in [1.165, 1.54) is 0 Å². The number of nitrogens with zero attached hydrogens (tertiary/aromatic N) is 1. The summed E-state index contributed by atoms with van der Waals surface area (Å²) in [5.74, 6) is -0.214. The topological polar surface area (TPSA) is 61.4 Å². The van der Waals surface area contributed by atoms with Crippen molar-refractivity contribution < 1.29 is 9.59 Å². The normalized spacial score (nSPS) is 18.4. The third-order valence-corrected chi connectivity index (χ3v) is 2.83. The largest absolute Gasteiger partial charge is 0.328 e. The van der Waals surface area contributed by atoms with E-state index in [0.717, 1.165) is 0 Å². The van der Waals surface area contributed by atoms with Gasteiger partial charge in [0.1, 0.15) is 6.17 Å². The number of benzene rings is 1. The second-order valence-corrected chi connectivity index (χ2v) is 4.61. The molecule has 1 aliphatic rings. The van der Waals surface area contributed by atoms with Gasteiger partial charge < -0.3 is 10.6 Å². The molecule has 0 bridgehead atoms. The maximum Gasteiger partial charge on any atom is 0.323 e. The summed E-state index contributed by atoms with van der Waals surface area (Å²) in [6.45, 7) is 3.85. The molecule has 1 aromatic carbocycles. The van der Waals surface area contributed by atoms with E-state index in [1.807, 2.05) is 19.9 Å². The van der Waals surface area contributed by atoms with Crippen LogP contribution >= 0.6 is 0 Å². The van der Waals surface area contributed by atoms with Crippen LogP contribution in [0.2, 0.25) is 0 Å². The molecule has 0 radical (unpaired) electrons. The maximum absolute atomic E-state index is 11.9. The van der Waals surface area contributed by atoms with Gasteiger partial charge in [-0.1, -0.05) is 18.2 Å². The van der Waals surface area contributed by atoms with Gasteiger partial charge in [-0.05, 0) is 32.1 Å². The van der Waals surface area contributed by atoms with Gasteiger partial charge in [0.2, 0.25) is 0 Å². The SMILES string of the molecule is CC(C)N1C=CC(NC(=O)c2ccccc2)NC1=O. The fourth-order valence-electron chi connectivity index (χ4n) is 1.81. The molecule has 1 atom stereocenters. The van der Waals surface area contributed by atoms with Crippen LogP contribution in [0, 0.1) is 0 Å². The van der Waals surface area contributed by atoms with Crippen molar-refractivity contribution in [2.45, 2.75) is 26.1 Å². The number of amides is 3. The molecule has 1 aromatic rings. The number of nitrogens with one attached hydrogen (secondary N) is 2. The highest BCUT2D eigenvalue weighted by atomic mass is 16.2. The van der Waals surface area contributed by atoms with Crippen LogP contribution in [0.15, 0.2) is 42.6 Å². The van der Waals surface area contributed by atoms with Crippen LogP contribution < -0.4 is 10.6 Å². The number of urea groups is 1. The molecule has 19 heavy (non-hydrogen) atoms. The summed E-state index contributed by atoms with van der Waals surface area (Å²) < 4.78 is 0. The number of hydrogen-bond donors (Lipinski definition) is 2. The predicted molar refractivity (Wildman–Crippen MR) is 72.3 cm³/mol. The summed E-state index contributed by atoms with van der Waals surface area (Å²) >= 11 is 0. The van der Waals surface area contributed by atoms with Crippen molar-refractivity contribution >= 4 is 11.9 Å². The molecule has 0 saturated carbocycles. The molecule has 0 aliphatic carbocycles. The Bertz CT molecular complexity index is 497. The Morgan fingerprint density at radius 3 is 2.58 bits per heavy atom. The third-order valence-electron chi connectivity index (χ3n) is 2.83. The van der Waals surface area contributed by atoms with Crippen molar-refractivity contribution in [2.24, 2.45) is 0 Å². The van der Waals surface area contributed by atoms with Gasteiger partial charge in [-0.2, -0.15) is 0 Å². The monoisotopic (exact) mass is 259 g/mol. The molecular formula is C14H17N3O2. The average Bonchev–Trinajstić information content (AvgIpc) is 2.39. The van der Waals surface area contributed by atoms with E-state index in [-0.39, 0.29) is 18.0 Å². The molecule has 100 valence electrons. The first kappa shape index (κ1) is 13.1. The molecule has 1 heterocycles. The van der Waals surface area contributed by atoms with Crippen molar-refractivity contribution in [2.75, 3.05) is 0 Å². The van der Waals surface area contributed by atoms with Crippen LogP contribution in [0.1, 0.15) is 24.2 Å². The molecule has 0 saturated heterocycles. The Balaban J connectivity index is 2.00. The van der Waals surface area contributed by atoms with Crippen molar-refractivity contribution in [1.29, 1.82) is 0 Å². The van der Waals surface area contributed by atoms with Gasteiger partial charge in [-0.25, -0.2) is 4.79 Å². The molecule has 5 nitrogen and oxygen atoms in total. The number of carbonyl (C=O) groups excluding carboxylic acids is 2. The Kier molecular flexibility index (Phi) is 3.85. The van der Waals surface area contributed by atoms with Gasteiger partial charge >= 0.3 is 6.03 Å². The van der Waals surface area contributed by atoms with Gasteiger partial charge in [-0.3, -0.25) is 9.69 Å². The minimum absolute atomic E-state index is 0.0852. The Morgan fingerprint density at radius 1 is 1.32 bits per heavy atom. The zero-order valence-corrected chi connectivity index (χ0v) is 11.0. The maximum atomic E-state index is 11.9. The number of carbonyl (C=O) groups is 2. The van der Waals surface area contributed by atoms with Crippen molar-refractivity contribution in [3.63, 3.8) is 0 Å². The first-order chi connectivity index (χ1) is 9.08. The van der Waals surface area contributed by atoms with Crippen molar-refractivity contribution in [3.05, 3.63) is 48.2 Å². The standard InChI is InChI=1S/C14H17N3O2/c1-10(2)17-9-8-12(16-14(17)19)15-13(18)11-6-4-3-5-7-11/h3-10,12H,1-2H3,(H,15,18)(H,16,19). The van der Waals surface area contributed by atoms with Crippen LogP contribution in [-0.2, 0) is 0 Å². The molecule has 5 heteroatoms. The zero-order chi connectivity index (χ0) is 13.8. The quantitative estimate of drug-likeness (QED) is 0.867. The summed E-state index contributed by atoms with van der Waals surface area (Å²) in [4.78, 5) is 25.3. The van der Waals surface area contributed by atoms with Crippen LogP contribution in [-0.4, -0.2) is 29.0 Å². The molecule has 1 aliphatic heterocycles. The summed E-state index contributed by atoms with van der Waals surface area (Å²) in [6.07, 6.45) is 2.97. The number of rotatable bonds is 3.